The summed E-state index contributed by atoms with van der Waals surface area (Å²) in [5.74, 6) is -1.64. The molecule has 1 aromatic heterocycles. The molecular weight excluding hydrogens is 459 g/mol. The first-order valence-electron chi connectivity index (χ1n) is 9.12. The maximum absolute atomic E-state index is 14.0. The molecule has 4 aromatic rings. The molecule has 3 N–H and O–H groups in total. The number of aromatic nitrogens is 2. The Morgan fingerprint density at radius 1 is 0.969 bits per heavy atom. The van der Waals surface area contributed by atoms with Crippen LogP contribution in [0.1, 0.15) is 10.5 Å². The second-order valence-electron chi connectivity index (χ2n) is 6.63. The Balaban J connectivity index is 1.71. The van der Waals surface area contributed by atoms with E-state index in [1.165, 1.54) is 30.3 Å². The number of anilines is 2. The summed E-state index contributed by atoms with van der Waals surface area (Å²) in [6.07, 6.45) is 0. The molecule has 0 radical (unpaired) electrons. The Morgan fingerprint density at radius 3 is 2.41 bits per heavy atom. The number of nitrogens with zero attached hydrogens (tertiary/aromatic N) is 1. The Morgan fingerprint density at radius 2 is 1.66 bits per heavy atom. The van der Waals surface area contributed by atoms with Gasteiger partial charge in [0.05, 0.1) is 16.8 Å². The van der Waals surface area contributed by atoms with Gasteiger partial charge in [-0.15, -0.1) is 0 Å². The summed E-state index contributed by atoms with van der Waals surface area (Å²) in [6, 6.07) is 15.3. The molecule has 1 heterocycles. The first-order chi connectivity index (χ1) is 15.3. The highest BCUT2D eigenvalue weighted by Crippen LogP contribution is 2.29. The monoisotopic (exact) mass is 472 g/mol. The van der Waals surface area contributed by atoms with Crippen LogP contribution in [-0.4, -0.2) is 24.5 Å². The van der Waals surface area contributed by atoms with Gasteiger partial charge in [-0.1, -0.05) is 41.9 Å². The number of carbonyl (C=O) groups is 1. The lowest BCUT2D eigenvalue weighted by Crippen LogP contribution is -2.21. The minimum Gasteiger partial charge on any atom is -0.319 e. The fourth-order valence-corrected chi connectivity index (χ4v) is 4.37. The number of H-pyrrole nitrogens is 1. The molecule has 0 aliphatic heterocycles. The van der Waals surface area contributed by atoms with E-state index in [2.05, 4.69) is 20.2 Å². The van der Waals surface area contributed by atoms with Crippen LogP contribution in [-0.2, 0) is 10.0 Å². The highest BCUT2D eigenvalue weighted by molar-refractivity contribution is 7.92. The van der Waals surface area contributed by atoms with E-state index in [4.69, 9.17) is 11.6 Å². The van der Waals surface area contributed by atoms with Crippen LogP contribution in [0.4, 0.5) is 15.8 Å². The Bertz CT molecular complexity index is 1520. The van der Waals surface area contributed by atoms with Gasteiger partial charge in [-0.3, -0.25) is 14.3 Å². The van der Waals surface area contributed by atoms with Gasteiger partial charge in [0.15, 0.2) is 5.69 Å². The van der Waals surface area contributed by atoms with Crippen molar-refractivity contribution < 1.29 is 17.6 Å². The summed E-state index contributed by atoms with van der Waals surface area (Å²) in [6.45, 7) is 0. The van der Waals surface area contributed by atoms with Crippen LogP contribution in [0, 0.1) is 5.82 Å². The quantitative estimate of drug-likeness (QED) is 0.408. The van der Waals surface area contributed by atoms with E-state index in [1.807, 2.05) is 0 Å². The van der Waals surface area contributed by atoms with E-state index in [9.17, 15) is 22.4 Å². The number of rotatable bonds is 5. The number of sulfonamides is 1. The van der Waals surface area contributed by atoms with Crippen LogP contribution < -0.4 is 15.6 Å². The van der Waals surface area contributed by atoms with Crippen LogP contribution in [0.15, 0.2) is 76.4 Å². The van der Waals surface area contributed by atoms with Gasteiger partial charge >= 0.3 is 0 Å². The average molecular weight is 473 g/mol. The van der Waals surface area contributed by atoms with E-state index < -0.39 is 32.2 Å². The van der Waals surface area contributed by atoms with Crippen molar-refractivity contribution in [1.82, 2.24) is 10.2 Å². The number of amides is 1. The summed E-state index contributed by atoms with van der Waals surface area (Å²) < 4.78 is 41.6. The molecule has 1 amide bonds. The average Bonchev–Trinajstić information content (AvgIpc) is 2.76. The van der Waals surface area contributed by atoms with E-state index in [-0.39, 0.29) is 27.5 Å². The molecule has 8 nitrogen and oxygen atoms in total. The molecule has 0 fully saturated rings. The third-order valence-electron chi connectivity index (χ3n) is 4.51. The van der Waals surface area contributed by atoms with Crippen molar-refractivity contribution in [1.29, 1.82) is 0 Å². The number of hydrogen-bond acceptors (Lipinski definition) is 5. The van der Waals surface area contributed by atoms with Crippen molar-refractivity contribution in [3.05, 3.63) is 93.6 Å². The second kappa shape index (κ2) is 8.40. The molecule has 0 aliphatic carbocycles. The summed E-state index contributed by atoms with van der Waals surface area (Å²) in [7, 11) is -4.30. The second-order valence-corrected chi connectivity index (χ2v) is 8.71. The summed E-state index contributed by atoms with van der Waals surface area (Å²) >= 11 is 6.02. The summed E-state index contributed by atoms with van der Waals surface area (Å²) in [5, 5.41) is 9.40. The maximum atomic E-state index is 14.0. The van der Waals surface area contributed by atoms with E-state index >= 15 is 0 Å². The zero-order valence-electron chi connectivity index (χ0n) is 16.1. The lowest BCUT2D eigenvalue weighted by Gasteiger charge is -2.14. The normalized spacial score (nSPS) is 11.3. The van der Waals surface area contributed by atoms with Gasteiger partial charge in [-0.25, -0.2) is 17.9 Å². The molecule has 162 valence electrons. The van der Waals surface area contributed by atoms with Gasteiger partial charge in [0.25, 0.3) is 21.5 Å². The Kier molecular flexibility index (Phi) is 5.64. The molecule has 11 heteroatoms. The zero-order chi connectivity index (χ0) is 22.9. The SMILES string of the molecule is O=C(Nc1cc(Cl)ccc1NS(=O)(=O)c1ccccc1F)c1n[nH]c(=O)c2ccccc12. The van der Waals surface area contributed by atoms with Gasteiger partial charge in [0, 0.05) is 10.4 Å². The topological polar surface area (TPSA) is 121 Å². The van der Waals surface area contributed by atoms with E-state index in [1.54, 1.807) is 24.3 Å². The lowest BCUT2D eigenvalue weighted by atomic mass is 10.1. The molecule has 3 aromatic carbocycles. The van der Waals surface area contributed by atoms with Gasteiger partial charge in [-0.2, -0.15) is 5.10 Å². The largest absolute Gasteiger partial charge is 0.319 e. The first-order valence-corrected chi connectivity index (χ1v) is 11.0. The predicted molar refractivity (Wildman–Crippen MR) is 119 cm³/mol. The first kappa shape index (κ1) is 21.5. The van der Waals surface area contributed by atoms with Crippen molar-refractivity contribution in [3.8, 4) is 0 Å². The van der Waals surface area contributed by atoms with Crippen LogP contribution in [0.5, 0.6) is 0 Å². The molecule has 0 bridgehead atoms. The fraction of sp³-hybridized carbons (Fsp3) is 0. The Hall–Kier alpha value is -3.76. The highest BCUT2D eigenvalue weighted by atomic mass is 35.5. The number of nitrogens with one attached hydrogen (secondary N) is 3. The number of carbonyl (C=O) groups excluding carboxylic acids is 1. The summed E-state index contributed by atoms with van der Waals surface area (Å²) in [4.78, 5) is 24.3. The molecule has 0 saturated carbocycles. The third kappa shape index (κ3) is 4.18. The fourth-order valence-electron chi connectivity index (χ4n) is 3.04. The molecule has 0 atom stereocenters. The highest BCUT2D eigenvalue weighted by Gasteiger charge is 2.22. The Labute approximate surface area is 186 Å². The van der Waals surface area contributed by atoms with Gasteiger partial charge in [0.1, 0.15) is 10.7 Å². The van der Waals surface area contributed by atoms with Crippen molar-refractivity contribution in [2.24, 2.45) is 0 Å². The molecule has 0 saturated heterocycles. The van der Waals surface area contributed by atoms with Crippen molar-refractivity contribution in [3.63, 3.8) is 0 Å². The van der Waals surface area contributed by atoms with Crippen molar-refractivity contribution in [2.45, 2.75) is 4.90 Å². The lowest BCUT2D eigenvalue weighted by molar-refractivity contribution is 0.102. The van der Waals surface area contributed by atoms with E-state index in [0.717, 1.165) is 12.1 Å². The number of hydrogen-bond donors (Lipinski definition) is 3. The van der Waals surface area contributed by atoms with Crippen LogP contribution in [0.25, 0.3) is 10.8 Å². The van der Waals surface area contributed by atoms with Crippen molar-refractivity contribution in [2.75, 3.05) is 10.0 Å². The maximum Gasteiger partial charge on any atom is 0.276 e. The van der Waals surface area contributed by atoms with Crippen LogP contribution in [0.3, 0.4) is 0 Å². The molecule has 0 unspecified atom stereocenters. The van der Waals surface area contributed by atoms with E-state index in [0.29, 0.717) is 5.39 Å². The standard InChI is InChI=1S/C21H14ClFN4O4S/c22-12-9-10-16(27-32(30,31)18-8-4-3-7-15(18)23)17(11-12)24-21(29)19-13-5-1-2-6-14(13)20(28)26-25-19/h1-11,27H,(H,24,29)(H,26,28). The predicted octanol–water partition coefficient (Wildman–Crippen LogP) is 3.77. The zero-order valence-corrected chi connectivity index (χ0v) is 17.7. The minimum absolute atomic E-state index is 0.0134. The van der Waals surface area contributed by atoms with Crippen molar-refractivity contribution >= 4 is 49.7 Å². The van der Waals surface area contributed by atoms with Gasteiger partial charge in [-0.05, 0) is 36.4 Å². The third-order valence-corrected chi connectivity index (χ3v) is 6.15. The smallest absolute Gasteiger partial charge is 0.276 e. The molecule has 4 rings (SSSR count). The number of benzene rings is 3. The minimum atomic E-state index is -4.30. The molecule has 0 spiro atoms. The molecule has 0 aliphatic rings. The van der Waals surface area contributed by atoms with Gasteiger partial charge in [0.2, 0.25) is 0 Å². The number of aromatic amines is 1. The van der Waals surface area contributed by atoms with Crippen LogP contribution in [0.2, 0.25) is 5.02 Å². The summed E-state index contributed by atoms with van der Waals surface area (Å²) in [5.41, 5.74) is -0.569. The van der Waals surface area contributed by atoms with Crippen LogP contribution >= 0.6 is 11.6 Å². The van der Waals surface area contributed by atoms with Gasteiger partial charge < -0.3 is 5.32 Å². The molecular formula is C21H14ClFN4O4S. The number of fused-ring (bicyclic) bond motifs is 1. The number of halogens is 2. The molecule has 32 heavy (non-hydrogen) atoms.